The number of ether oxygens (including phenoxy) is 1. The van der Waals surface area contributed by atoms with Gasteiger partial charge in [-0.3, -0.25) is 4.79 Å². The number of fused-ring (bicyclic) bond motifs is 1. The van der Waals surface area contributed by atoms with Gasteiger partial charge in [-0.05, 0) is 23.8 Å². The van der Waals surface area contributed by atoms with Crippen LogP contribution in [0.1, 0.15) is 5.56 Å². The third-order valence-electron chi connectivity index (χ3n) is 3.94. The van der Waals surface area contributed by atoms with Crippen molar-refractivity contribution in [3.05, 3.63) is 66.4 Å². The lowest BCUT2D eigenvalue weighted by Gasteiger charge is -2.16. The summed E-state index contributed by atoms with van der Waals surface area (Å²) in [6, 6.07) is 14.5. The Morgan fingerprint density at radius 2 is 1.80 bits per heavy atom. The van der Waals surface area contributed by atoms with Gasteiger partial charge in [-0.15, -0.1) is 0 Å². The summed E-state index contributed by atoms with van der Waals surface area (Å²) in [7, 11) is -2.59. The Kier molecular flexibility index (Phi) is 4.87. The van der Waals surface area contributed by atoms with Crippen LogP contribution in [0.4, 0.5) is 0 Å². The molecule has 3 rings (SSSR count). The highest BCUT2D eigenvalue weighted by Crippen LogP contribution is 2.20. The van der Waals surface area contributed by atoms with Crippen LogP contribution in [-0.2, 0) is 26.0 Å². The number of para-hydroxylation sites is 1. The van der Waals surface area contributed by atoms with Crippen LogP contribution in [0.2, 0.25) is 0 Å². The van der Waals surface area contributed by atoms with E-state index in [-0.39, 0.29) is 11.3 Å². The van der Waals surface area contributed by atoms with Gasteiger partial charge in [0.2, 0.25) is 10.0 Å². The van der Waals surface area contributed by atoms with Crippen LogP contribution in [0.5, 0.6) is 0 Å². The van der Waals surface area contributed by atoms with Crippen molar-refractivity contribution in [2.45, 2.75) is 17.4 Å². The number of aromatic nitrogens is 1. The fraction of sp³-hybridized carbons (Fsp3) is 0.167. The number of hydrogen-bond acceptors (Lipinski definition) is 4. The number of aromatic amines is 1. The number of nitrogens with one attached hydrogen (secondary N) is 2. The molecule has 1 atom stereocenters. The summed E-state index contributed by atoms with van der Waals surface area (Å²) < 4.78 is 32.3. The van der Waals surface area contributed by atoms with Gasteiger partial charge < -0.3 is 9.72 Å². The van der Waals surface area contributed by atoms with E-state index in [4.69, 9.17) is 4.74 Å². The van der Waals surface area contributed by atoms with Crippen LogP contribution in [-0.4, -0.2) is 32.5 Å². The average Bonchev–Trinajstić information content (AvgIpc) is 3.04. The Bertz CT molecular complexity index is 980. The quantitative estimate of drug-likeness (QED) is 0.662. The first kappa shape index (κ1) is 17.2. The number of H-pyrrole nitrogens is 1. The second kappa shape index (κ2) is 7.08. The van der Waals surface area contributed by atoms with Gasteiger partial charge in [-0.2, -0.15) is 4.72 Å². The monoisotopic (exact) mass is 358 g/mol. The van der Waals surface area contributed by atoms with Crippen LogP contribution in [0, 0.1) is 0 Å². The number of hydrogen-bond donors (Lipinski definition) is 2. The minimum atomic E-state index is -3.83. The van der Waals surface area contributed by atoms with Gasteiger partial charge in [0.1, 0.15) is 6.04 Å². The van der Waals surface area contributed by atoms with E-state index in [0.29, 0.717) is 0 Å². The number of sulfonamides is 1. The summed E-state index contributed by atoms with van der Waals surface area (Å²) in [5, 5.41) is 0.940. The molecule has 0 saturated carbocycles. The van der Waals surface area contributed by atoms with Crippen molar-refractivity contribution in [1.82, 2.24) is 9.71 Å². The maximum Gasteiger partial charge on any atom is 0.324 e. The van der Waals surface area contributed by atoms with Crippen LogP contribution < -0.4 is 4.72 Å². The second-order valence-corrected chi connectivity index (χ2v) is 7.29. The van der Waals surface area contributed by atoms with E-state index >= 15 is 0 Å². The van der Waals surface area contributed by atoms with Gasteiger partial charge in [0.25, 0.3) is 0 Å². The Morgan fingerprint density at radius 1 is 1.12 bits per heavy atom. The third-order valence-corrected chi connectivity index (χ3v) is 5.42. The summed E-state index contributed by atoms with van der Waals surface area (Å²) in [5.74, 6) is -0.634. The first-order valence-electron chi connectivity index (χ1n) is 7.71. The van der Waals surface area contributed by atoms with Gasteiger partial charge in [-0.25, -0.2) is 8.42 Å². The van der Waals surface area contributed by atoms with E-state index in [0.717, 1.165) is 16.5 Å². The van der Waals surface area contributed by atoms with Crippen molar-refractivity contribution in [1.29, 1.82) is 0 Å². The number of carbonyl (C=O) groups excluding carboxylic acids is 1. The molecular formula is C18H18N2O4S. The van der Waals surface area contributed by atoms with Crippen LogP contribution in [0.15, 0.2) is 65.7 Å². The third kappa shape index (κ3) is 3.72. The molecule has 0 saturated heterocycles. The molecule has 1 aromatic heterocycles. The van der Waals surface area contributed by atoms with E-state index in [1.54, 1.807) is 24.4 Å². The average molecular weight is 358 g/mol. The summed E-state index contributed by atoms with van der Waals surface area (Å²) in [6.45, 7) is 0. The highest BCUT2D eigenvalue weighted by molar-refractivity contribution is 7.89. The SMILES string of the molecule is COC(=O)[C@H](Cc1c[nH]c2ccccc12)NS(=O)(=O)c1ccccc1. The van der Waals surface area contributed by atoms with Crippen molar-refractivity contribution < 1.29 is 17.9 Å². The molecule has 7 heteroatoms. The molecule has 0 amide bonds. The van der Waals surface area contributed by atoms with Crippen LogP contribution >= 0.6 is 0 Å². The predicted molar refractivity (Wildman–Crippen MR) is 94.6 cm³/mol. The van der Waals surface area contributed by atoms with Crippen LogP contribution in [0.25, 0.3) is 10.9 Å². The maximum atomic E-state index is 12.5. The normalized spacial score (nSPS) is 12.8. The number of carbonyl (C=O) groups is 1. The zero-order valence-corrected chi connectivity index (χ0v) is 14.4. The Hall–Kier alpha value is -2.64. The zero-order valence-electron chi connectivity index (χ0n) is 13.6. The lowest BCUT2D eigenvalue weighted by atomic mass is 10.1. The van der Waals surface area contributed by atoms with Gasteiger partial charge in [0.05, 0.1) is 12.0 Å². The number of rotatable bonds is 6. The number of benzene rings is 2. The molecule has 0 aliphatic rings. The van der Waals surface area contributed by atoms with Crippen molar-refractivity contribution in [3.63, 3.8) is 0 Å². The van der Waals surface area contributed by atoms with Crippen molar-refractivity contribution >= 4 is 26.9 Å². The second-order valence-electron chi connectivity index (χ2n) is 5.57. The summed E-state index contributed by atoms with van der Waals surface area (Å²) in [6.07, 6.45) is 1.96. The highest BCUT2D eigenvalue weighted by Gasteiger charge is 2.27. The molecule has 6 nitrogen and oxygen atoms in total. The van der Waals surface area contributed by atoms with Gasteiger partial charge in [-0.1, -0.05) is 36.4 Å². The maximum absolute atomic E-state index is 12.5. The molecule has 0 aliphatic heterocycles. The molecule has 25 heavy (non-hydrogen) atoms. The molecule has 2 aromatic carbocycles. The summed E-state index contributed by atoms with van der Waals surface area (Å²) >= 11 is 0. The molecule has 0 bridgehead atoms. The fourth-order valence-electron chi connectivity index (χ4n) is 2.69. The smallest absolute Gasteiger partial charge is 0.324 e. The summed E-state index contributed by atoms with van der Waals surface area (Å²) in [4.78, 5) is 15.3. The van der Waals surface area contributed by atoms with Gasteiger partial charge >= 0.3 is 5.97 Å². The molecule has 2 N–H and O–H groups in total. The predicted octanol–water partition coefficient (Wildman–Crippen LogP) is 2.23. The Balaban J connectivity index is 1.89. The molecule has 130 valence electrons. The minimum Gasteiger partial charge on any atom is -0.468 e. The van der Waals surface area contributed by atoms with E-state index in [1.165, 1.54) is 19.2 Å². The van der Waals surface area contributed by atoms with E-state index in [9.17, 15) is 13.2 Å². The summed E-state index contributed by atoms with van der Waals surface area (Å²) in [5.41, 5.74) is 1.76. The molecule has 0 fully saturated rings. The van der Waals surface area contributed by atoms with Gasteiger partial charge in [0.15, 0.2) is 0 Å². The van der Waals surface area contributed by atoms with E-state index in [2.05, 4.69) is 9.71 Å². The van der Waals surface area contributed by atoms with Crippen LogP contribution in [0.3, 0.4) is 0 Å². The largest absolute Gasteiger partial charge is 0.468 e. The molecule has 0 spiro atoms. The number of methoxy groups -OCH3 is 1. The first-order valence-corrected chi connectivity index (χ1v) is 9.20. The lowest BCUT2D eigenvalue weighted by Crippen LogP contribution is -2.42. The molecule has 0 unspecified atom stereocenters. The van der Waals surface area contributed by atoms with Gasteiger partial charge in [0, 0.05) is 23.5 Å². The molecule has 3 aromatic rings. The Labute approximate surface area is 145 Å². The molecular weight excluding hydrogens is 340 g/mol. The van der Waals surface area contributed by atoms with E-state index in [1.807, 2.05) is 24.3 Å². The van der Waals surface area contributed by atoms with Crippen molar-refractivity contribution in [3.8, 4) is 0 Å². The van der Waals surface area contributed by atoms with Crippen molar-refractivity contribution in [2.24, 2.45) is 0 Å². The topological polar surface area (TPSA) is 88.3 Å². The molecule has 0 aliphatic carbocycles. The van der Waals surface area contributed by atoms with E-state index < -0.39 is 22.0 Å². The Morgan fingerprint density at radius 3 is 2.52 bits per heavy atom. The highest BCUT2D eigenvalue weighted by atomic mass is 32.2. The van der Waals surface area contributed by atoms with Crippen molar-refractivity contribution in [2.75, 3.05) is 7.11 Å². The standard InChI is InChI=1S/C18H18N2O4S/c1-24-18(21)17(20-25(22,23)14-7-3-2-4-8-14)11-13-12-19-16-10-6-5-9-15(13)16/h2-10,12,17,19-20H,11H2,1H3/t17-/m0/s1. The zero-order chi connectivity index (χ0) is 17.9. The minimum absolute atomic E-state index is 0.0998. The molecule has 1 heterocycles. The molecule has 0 radical (unpaired) electrons. The fourth-order valence-corrected chi connectivity index (χ4v) is 3.90. The lowest BCUT2D eigenvalue weighted by molar-refractivity contribution is -0.142. The number of esters is 1. The first-order chi connectivity index (χ1) is 12.0.